The number of thiophene rings is 1. The van der Waals surface area contributed by atoms with Crippen LogP contribution in [0.5, 0.6) is 11.5 Å². The largest absolute Gasteiger partial charge is 0.493 e. The van der Waals surface area contributed by atoms with E-state index in [0.29, 0.717) is 40.3 Å². The Morgan fingerprint density at radius 3 is 2.60 bits per heavy atom. The molecule has 7 heteroatoms. The van der Waals surface area contributed by atoms with Gasteiger partial charge < -0.3 is 19.2 Å². The lowest BCUT2D eigenvalue weighted by molar-refractivity contribution is 0.0958. The molecule has 4 rings (SSSR count). The minimum atomic E-state index is -0.429. The maximum absolute atomic E-state index is 12.7. The molecule has 2 aromatic heterocycles. The molecular weight excluding hydrogens is 402 g/mol. The molecule has 1 N–H and O–H groups in total. The lowest BCUT2D eigenvalue weighted by Gasteiger charge is -2.10. The fourth-order valence-electron chi connectivity index (χ4n) is 3.36. The number of aryl methyl sites for hydroxylation is 1. The number of nitrogens with one attached hydrogen (secondary N) is 1. The van der Waals surface area contributed by atoms with E-state index in [9.17, 15) is 9.59 Å². The molecule has 2 aromatic carbocycles. The van der Waals surface area contributed by atoms with Crippen LogP contribution >= 0.6 is 11.3 Å². The highest BCUT2D eigenvalue weighted by Crippen LogP contribution is 2.31. The first-order valence-corrected chi connectivity index (χ1v) is 10.3. The number of carbonyl (C=O) groups excluding carboxylic acids is 1. The molecule has 0 saturated carbocycles. The lowest BCUT2D eigenvalue weighted by atomic mass is 10.1. The van der Waals surface area contributed by atoms with Crippen molar-refractivity contribution in [1.82, 2.24) is 5.32 Å². The number of hydrogen-bond donors (Lipinski definition) is 1. The number of fused-ring (bicyclic) bond motifs is 3. The summed E-state index contributed by atoms with van der Waals surface area (Å²) in [6.07, 6.45) is 0.640. The number of rotatable bonds is 6. The summed E-state index contributed by atoms with van der Waals surface area (Å²) in [4.78, 5) is 25.5. The molecule has 0 aliphatic carbocycles. The van der Waals surface area contributed by atoms with Crippen LogP contribution in [0.25, 0.3) is 21.1 Å². The van der Waals surface area contributed by atoms with Gasteiger partial charge in [0.2, 0.25) is 0 Å². The second kappa shape index (κ2) is 8.20. The second-order valence-corrected chi connectivity index (χ2v) is 7.99. The summed E-state index contributed by atoms with van der Waals surface area (Å²) in [5.41, 5.74) is 2.18. The van der Waals surface area contributed by atoms with Gasteiger partial charge in [0, 0.05) is 11.9 Å². The molecule has 4 aromatic rings. The fraction of sp³-hybridized carbons (Fsp3) is 0.217. The topological polar surface area (TPSA) is 77.8 Å². The average Bonchev–Trinajstić information content (AvgIpc) is 3.21. The smallest absolute Gasteiger partial charge is 0.345 e. The predicted molar refractivity (Wildman–Crippen MR) is 118 cm³/mol. The maximum Gasteiger partial charge on any atom is 0.345 e. The van der Waals surface area contributed by atoms with Crippen LogP contribution in [0.15, 0.2) is 51.7 Å². The van der Waals surface area contributed by atoms with Crippen LogP contribution in [0.4, 0.5) is 0 Å². The van der Waals surface area contributed by atoms with Crippen LogP contribution in [0, 0.1) is 6.92 Å². The van der Waals surface area contributed by atoms with Crippen molar-refractivity contribution >= 4 is 38.3 Å². The van der Waals surface area contributed by atoms with Gasteiger partial charge in [-0.1, -0.05) is 17.7 Å². The van der Waals surface area contributed by atoms with Crippen LogP contribution in [-0.4, -0.2) is 26.7 Å². The number of benzene rings is 2. The zero-order valence-corrected chi connectivity index (χ0v) is 17.7. The summed E-state index contributed by atoms with van der Waals surface area (Å²) < 4.78 is 16.7. The van der Waals surface area contributed by atoms with E-state index in [-0.39, 0.29) is 5.91 Å². The van der Waals surface area contributed by atoms with E-state index in [2.05, 4.69) is 5.32 Å². The summed E-state index contributed by atoms with van der Waals surface area (Å²) in [7, 11) is 3.18. The number of ether oxygens (including phenoxy) is 2. The van der Waals surface area contributed by atoms with Crippen molar-refractivity contribution in [3.05, 3.63) is 68.9 Å². The molecule has 0 radical (unpaired) electrons. The van der Waals surface area contributed by atoms with Gasteiger partial charge in [-0.05, 0) is 49.2 Å². The molecule has 2 heterocycles. The minimum Gasteiger partial charge on any atom is -0.493 e. The van der Waals surface area contributed by atoms with E-state index in [1.54, 1.807) is 26.4 Å². The van der Waals surface area contributed by atoms with Gasteiger partial charge in [0.15, 0.2) is 11.5 Å². The predicted octanol–water partition coefficient (Wildman–Crippen LogP) is 4.31. The quantitative estimate of drug-likeness (QED) is 0.468. The molecule has 154 valence electrons. The van der Waals surface area contributed by atoms with Crippen molar-refractivity contribution in [2.75, 3.05) is 20.8 Å². The highest BCUT2D eigenvalue weighted by Gasteiger charge is 2.16. The molecule has 0 aliphatic rings. The Hall–Kier alpha value is -3.32. The van der Waals surface area contributed by atoms with Gasteiger partial charge in [-0.2, -0.15) is 0 Å². The van der Waals surface area contributed by atoms with Crippen molar-refractivity contribution in [3.63, 3.8) is 0 Å². The van der Waals surface area contributed by atoms with Crippen LogP contribution in [0.2, 0.25) is 0 Å². The number of carbonyl (C=O) groups is 1. The maximum atomic E-state index is 12.7. The summed E-state index contributed by atoms with van der Waals surface area (Å²) in [6.45, 7) is 2.43. The first-order chi connectivity index (χ1) is 14.5. The summed E-state index contributed by atoms with van der Waals surface area (Å²) >= 11 is 1.31. The summed E-state index contributed by atoms with van der Waals surface area (Å²) in [6, 6.07) is 12.9. The lowest BCUT2D eigenvalue weighted by Crippen LogP contribution is -2.24. The molecule has 0 aliphatic heterocycles. The monoisotopic (exact) mass is 423 g/mol. The van der Waals surface area contributed by atoms with Crippen LogP contribution < -0.4 is 20.4 Å². The van der Waals surface area contributed by atoms with E-state index in [1.165, 1.54) is 11.3 Å². The second-order valence-electron chi connectivity index (χ2n) is 6.94. The van der Waals surface area contributed by atoms with Crippen molar-refractivity contribution < 1.29 is 18.7 Å². The molecule has 6 nitrogen and oxygen atoms in total. The van der Waals surface area contributed by atoms with Crippen LogP contribution in [0.3, 0.4) is 0 Å². The fourth-order valence-corrected chi connectivity index (χ4v) is 4.45. The molecule has 0 fully saturated rings. The van der Waals surface area contributed by atoms with E-state index in [0.717, 1.165) is 21.2 Å². The van der Waals surface area contributed by atoms with Crippen LogP contribution in [-0.2, 0) is 6.42 Å². The van der Waals surface area contributed by atoms with Crippen molar-refractivity contribution in [1.29, 1.82) is 0 Å². The van der Waals surface area contributed by atoms with E-state index in [4.69, 9.17) is 13.9 Å². The normalized spacial score (nSPS) is 11.0. The Morgan fingerprint density at radius 1 is 1.03 bits per heavy atom. The Bertz CT molecular complexity index is 1300. The Labute approximate surface area is 177 Å². The first kappa shape index (κ1) is 20.0. The SMILES string of the molecule is COc1ccc(CCNC(=O)c2cc3c(=O)oc4ccc(C)cc4c3s2)cc1OC. The number of amides is 1. The van der Waals surface area contributed by atoms with E-state index >= 15 is 0 Å². The third kappa shape index (κ3) is 3.76. The molecule has 0 unspecified atom stereocenters. The molecular formula is C23H21NO5S. The molecule has 0 saturated heterocycles. The van der Waals surface area contributed by atoms with Gasteiger partial charge in [0.05, 0.1) is 29.2 Å². The third-order valence-corrected chi connectivity index (χ3v) is 6.07. The number of methoxy groups -OCH3 is 2. The highest BCUT2D eigenvalue weighted by atomic mass is 32.1. The Balaban J connectivity index is 1.52. The summed E-state index contributed by atoms with van der Waals surface area (Å²) in [5, 5.41) is 4.20. The summed E-state index contributed by atoms with van der Waals surface area (Å²) in [5.74, 6) is 1.11. The van der Waals surface area contributed by atoms with Gasteiger partial charge in [-0.25, -0.2) is 4.79 Å². The molecule has 0 atom stereocenters. The average molecular weight is 423 g/mol. The van der Waals surface area contributed by atoms with Gasteiger partial charge in [0.25, 0.3) is 5.91 Å². The van der Waals surface area contributed by atoms with Crippen molar-refractivity contribution in [3.8, 4) is 11.5 Å². The van der Waals surface area contributed by atoms with Gasteiger partial charge in [-0.3, -0.25) is 4.79 Å². The molecule has 30 heavy (non-hydrogen) atoms. The number of hydrogen-bond acceptors (Lipinski definition) is 6. The van der Waals surface area contributed by atoms with E-state index in [1.807, 2.05) is 37.3 Å². The van der Waals surface area contributed by atoms with Gasteiger partial charge in [-0.15, -0.1) is 11.3 Å². The van der Waals surface area contributed by atoms with Crippen LogP contribution in [0.1, 0.15) is 20.8 Å². The highest BCUT2D eigenvalue weighted by molar-refractivity contribution is 7.21. The standard InChI is InChI=1S/C23H21NO5S/c1-13-4-6-17-15(10-13)21-16(23(26)29-17)12-20(30-21)22(25)24-9-8-14-5-7-18(27-2)19(11-14)28-3/h4-7,10-12H,8-9H2,1-3H3,(H,24,25). The first-order valence-electron chi connectivity index (χ1n) is 9.46. The third-order valence-electron chi connectivity index (χ3n) is 4.91. The van der Waals surface area contributed by atoms with E-state index < -0.39 is 5.63 Å². The van der Waals surface area contributed by atoms with Crippen molar-refractivity contribution in [2.45, 2.75) is 13.3 Å². The van der Waals surface area contributed by atoms with Gasteiger partial charge in [0.1, 0.15) is 5.58 Å². The zero-order valence-electron chi connectivity index (χ0n) is 16.9. The Kier molecular flexibility index (Phi) is 5.46. The van der Waals surface area contributed by atoms with Crippen molar-refractivity contribution in [2.24, 2.45) is 0 Å². The zero-order chi connectivity index (χ0) is 21.3. The minimum absolute atomic E-state index is 0.211. The Morgan fingerprint density at radius 2 is 1.83 bits per heavy atom. The molecule has 0 bridgehead atoms. The molecule has 1 amide bonds. The molecule has 0 spiro atoms. The van der Waals surface area contributed by atoms with Gasteiger partial charge >= 0.3 is 5.63 Å².